The Kier molecular flexibility index (Phi) is 7.15. The maximum absolute atomic E-state index is 12.9. The largest absolute Gasteiger partial charge is 0.493 e. The molecule has 0 bridgehead atoms. The van der Waals surface area contributed by atoms with Crippen LogP contribution in [0.1, 0.15) is 31.4 Å². The first-order valence-corrected chi connectivity index (χ1v) is 11.8. The van der Waals surface area contributed by atoms with E-state index in [2.05, 4.69) is 10.0 Å². The summed E-state index contributed by atoms with van der Waals surface area (Å²) in [5.41, 5.74) is 2.10. The van der Waals surface area contributed by atoms with Gasteiger partial charge in [-0.15, -0.1) is 0 Å². The van der Waals surface area contributed by atoms with Crippen molar-refractivity contribution in [3.63, 3.8) is 0 Å². The fourth-order valence-corrected chi connectivity index (χ4v) is 4.75. The fourth-order valence-electron chi connectivity index (χ4n) is 3.54. The highest BCUT2D eigenvalue weighted by atomic mass is 32.2. The van der Waals surface area contributed by atoms with Crippen molar-refractivity contribution in [1.82, 2.24) is 10.0 Å². The molecule has 2 atom stereocenters. The van der Waals surface area contributed by atoms with Gasteiger partial charge in [-0.3, -0.25) is 4.79 Å². The van der Waals surface area contributed by atoms with E-state index in [1.807, 2.05) is 45.0 Å². The van der Waals surface area contributed by atoms with E-state index < -0.39 is 16.1 Å². The van der Waals surface area contributed by atoms with Gasteiger partial charge in [-0.1, -0.05) is 49.7 Å². The molecule has 0 radical (unpaired) electrons. The van der Waals surface area contributed by atoms with Gasteiger partial charge in [-0.25, -0.2) is 8.42 Å². The minimum absolute atomic E-state index is 0.150. The summed E-state index contributed by atoms with van der Waals surface area (Å²) in [6, 6.07) is 13.7. The van der Waals surface area contributed by atoms with Gasteiger partial charge in [0.25, 0.3) is 0 Å². The van der Waals surface area contributed by atoms with E-state index >= 15 is 0 Å². The Morgan fingerprint density at radius 1 is 1.13 bits per heavy atom. The number of ether oxygens (including phenoxy) is 1. The van der Waals surface area contributed by atoms with Gasteiger partial charge >= 0.3 is 0 Å². The van der Waals surface area contributed by atoms with Gasteiger partial charge < -0.3 is 10.1 Å². The lowest BCUT2D eigenvalue weighted by Crippen LogP contribution is -2.48. The maximum atomic E-state index is 12.9. The summed E-state index contributed by atoms with van der Waals surface area (Å²) in [6.45, 7) is 6.79. The molecule has 1 aliphatic rings. The maximum Gasteiger partial charge on any atom is 0.241 e. The molecule has 30 heavy (non-hydrogen) atoms. The summed E-state index contributed by atoms with van der Waals surface area (Å²) >= 11 is 0. The molecular formula is C23H30N2O4S. The first kappa shape index (κ1) is 22.3. The third-order valence-corrected chi connectivity index (χ3v) is 6.66. The molecule has 0 aromatic heterocycles. The van der Waals surface area contributed by atoms with E-state index in [4.69, 9.17) is 4.74 Å². The minimum Gasteiger partial charge on any atom is -0.493 e. The summed E-state index contributed by atoms with van der Waals surface area (Å²) < 4.78 is 33.9. The van der Waals surface area contributed by atoms with E-state index in [9.17, 15) is 13.2 Å². The number of sulfonamides is 1. The Labute approximate surface area is 179 Å². The molecule has 7 heteroatoms. The monoisotopic (exact) mass is 430 g/mol. The van der Waals surface area contributed by atoms with Gasteiger partial charge in [-0.2, -0.15) is 4.72 Å². The molecule has 1 amide bonds. The van der Waals surface area contributed by atoms with Gasteiger partial charge in [0.2, 0.25) is 15.9 Å². The summed E-state index contributed by atoms with van der Waals surface area (Å²) in [7, 11) is -3.79. The molecule has 6 nitrogen and oxygen atoms in total. The minimum atomic E-state index is -3.79. The zero-order valence-corrected chi connectivity index (χ0v) is 18.5. The van der Waals surface area contributed by atoms with Gasteiger partial charge in [0.15, 0.2) is 0 Å². The predicted octanol–water partition coefficient (Wildman–Crippen LogP) is 3.06. The molecule has 1 aliphatic heterocycles. The topological polar surface area (TPSA) is 84.5 Å². The average molecular weight is 431 g/mol. The van der Waals surface area contributed by atoms with Crippen molar-refractivity contribution in [1.29, 1.82) is 0 Å². The molecule has 2 N–H and O–H groups in total. The van der Waals surface area contributed by atoms with Crippen LogP contribution in [0.4, 0.5) is 0 Å². The van der Waals surface area contributed by atoms with Crippen LogP contribution in [0.3, 0.4) is 0 Å². The van der Waals surface area contributed by atoms with Crippen LogP contribution in [0, 0.1) is 18.8 Å². The molecule has 162 valence electrons. The van der Waals surface area contributed by atoms with Crippen LogP contribution in [0.2, 0.25) is 0 Å². The number of amides is 1. The summed E-state index contributed by atoms with van der Waals surface area (Å²) in [6.07, 6.45) is 1.24. The van der Waals surface area contributed by atoms with E-state index in [1.54, 1.807) is 24.3 Å². The molecule has 1 heterocycles. The van der Waals surface area contributed by atoms with E-state index in [0.29, 0.717) is 19.6 Å². The number of hydrogen-bond acceptors (Lipinski definition) is 4. The molecule has 2 aromatic rings. The lowest BCUT2D eigenvalue weighted by molar-refractivity contribution is -0.123. The second kappa shape index (κ2) is 9.62. The molecule has 2 aromatic carbocycles. The lowest BCUT2D eigenvalue weighted by atomic mass is 9.96. The Balaban J connectivity index is 1.63. The number of fused-ring (bicyclic) bond motifs is 1. The van der Waals surface area contributed by atoms with Crippen LogP contribution < -0.4 is 14.8 Å². The number of carbonyl (C=O) groups is 1. The van der Waals surface area contributed by atoms with E-state index in [0.717, 1.165) is 23.3 Å². The second-order valence-corrected chi connectivity index (χ2v) is 10.1. The molecule has 0 saturated carbocycles. The highest BCUT2D eigenvalue weighted by Crippen LogP contribution is 2.26. The average Bonchev–Trinajstić information content (AvgIpc) is 2.71. The number of aryl methyl sites for hydroxylation is 1. The molecule has 0 fully saturated rings. The van der Waals surface area contributed by atoms with Crippen molar-refractivity contribution in [3.8, 4) is 5.75 Å². The van der Waals surface area contributed by atoms with Crippen molar-refractivity contribution >= 4 is 15.9 Å². The van der Waals surface area contributed by atoms with Gasteiger partial charge in [0, 0.05) is 12.5 Å². The van der Waals surface area contributed by atoms with Crippen LogP contribution in [-0.4, -0.2) is 33.5 Å². The number of hydrogen-bond donors (Lipinski definition) is 2. The van der Waals surface area contributed by atoms with Gasteiger partial charge in [0.1, 0.15) is 11.8 Å². The van der Waals surface area contributed by atoms with Crippen molar-refractivity contribution in [3.05, 3.63) is 59.7 Å². The van der Waals surface area contributed by atoms with Crippen LogP contribution >= 0.6 is 0 Å². The number of para-hydroxylation sites is 1. The molecule has 0 spiro atoms. The Bertz CT molecular complexity index is 971. The van der Waals surface area contributed by atoms with Gasteiger partial charge in [0.05, 0.1) is 11.5 Å². The normalized spacial score (nSPS) is 17.1. The fraction of sp³-hybridized carbons (Fsp3) is 0.435. The highest BCUT2D eigenvalue weighted by Gasteiger charge is 2.28. The number of carbonyl (C=O) groups excluding carboxylic acids is 1. The van der Waals surface area contributed by atoms with Crippen LogP contribution in [-0.2, 0) is 21.2 Å². The van der Waals surface area contributed by atoms with Crippen LogP contribution in [0.25, 0.3) is 0 Å². The van der Waals surface area contributed by atoms with E-state index in [1.165, 1.54) is 0 Å². The second-order valence-electron chi connectivity index (χ2n) is 8.35. The van der Waals surface area contributed by atoms with Crippen molar-refractivity contribution in [2.75, 3.05) is 13.2 Å². The SMILES string of the molecule is Cc1ccc(S(=O)(=O)NC(CC(C)C)C(=O)NCC2COc3ccccc3C2)cc1. The Morgan fingerprint density at radius 2 is 1.83 bits per heavy atom. The first-order valence-electron chi connectivity index (χ1n) is 10.3. The predicted molar refractivity (Wildman–Crippen MR) is 117 cm³/mol. The van der Waals surface area contributed by atoms with Gasteiger partial charge in [-0.05, 0) is 49.4 Å². The Hall–Kier alpha value is -2.38. The number of benzene rings is 2. The summed E-state index contributed by atoms with van der Waals surface area (Å²) in [4.78, 5) is 13.0. The van der Waals surface area contributed by atoms with Crippen molar-refractivity contribution < 1.29 is 17.9 Å². The summed E-state index contributed by atoms with van der Waals surface area (Å²) in [5.74, 6) is 0.894. The lowest BCUT2D eigenvalue weighted by Gasteiger charge is -2.26. The standard InChI is InChI=1S/C23H30N2O4S/c1-16(2)12-21(25-30(27,28)20-10-8-17(3)9-11-20)23(26)24-14-18-13-19-6-4-5-7-22(19)29-15-18/h4-11,16,18,21,25H,12-15H2,1-3H3,(H,24,26). The highest BCUT2D eigenvalue weighted by molar-refractivity contribution is 7.89. The Morgan fingerprint density at radius 3 is 2.53 bits per heavy atom. The summed E-state index contributed by atoms with van der Waals surface area (Å²) in [5, 5.41) is 2.93. The quantitative estimate of drug-likeness (QED) is 0.674. The molecule has 3 rings (SSSR count). The van der Waals surface area contributed by atoms with Crippen molar-refractivity contribution in [2.24, 2.45) is 11.8 Å². The smallest absolute Gasteiger partial charge is 0.241 e. The molecule has 0 saturated heterocycles. The number of nitrogens with one attached hydrogen (secondary N) is 2. The zero-order valence-electron chi connectivity index (χ0n) is 17.7. The van der Waals surface area contributed by atoms with Crippen LogP contribution in [0.5, 0.6) is 5.75 Å². The zero-order chi connectivity index (χ0) is 21.7. The number of rotatable bonds is 8. The molecule has 0 aliphatic carbocycles. The van der Waals surface area contributed by atoms with Crippen LogP contribution in [0.15, 0.2) is 53.4 Å². The molecule has 2 unspecified atom stereocenters. The van der Waals surface area contributed by atoms with E-state index in [-0.39, 0.29) is 22.6 Å². The first-order chi connectivity index (χ1) is 14.2. The third-order valence-electron chi connectivity index (χ3n) is 5.17. The third kappa shape index (κ3) is 5.83. The molecular weight excluding hydrogens is 400 g/mol. The van der Waals surface area contributed by atoms with Crippen molar-refractivity contribution in [2.45, 2.75) is 44.6 Å².